The average Bonchev–Trinajstić information content (AvgIpc) is 2.29. The number of benzene rings is 1. The van der Waals surface area contributed by atoms with Crippen LogP contribution in [0.5, 0.6) is 0 Å². The Labute approximate surface area is 84.2 Å². The smallest absolute Gasteiger partial charge is 0.0409 e. The maximum absolute atomic E-state index is 5.94. The van der Waals surface area contributed by atoms with Crippen molar-refractivity contribution < 1.29 is 0 Å². The van der Waals surface area contributed by atoms with Crippen LogP contribution in [0.4, 0.5) is 0 Å². The molecule has 1 aliphatic carbocycles. The Hall–Kier alpha value is -0.750. The van der Waals surface area contributed by atoms with Crippen molar-refractivity contribution in [2.45, 2.75) is 19.8 Å². The molecule has 0 fully saturated rings. The Morgan fingerprint density at radius 3 is 3.08 bits per heavy atom. The van der Waals surface area contributed by atoms with E-state index >= 15 is 0 Å². The molecule has 13 heavy (non-hydrogen) atoms. The number of fused-ring (bicyclic) bond motifs is 1. The summed E-state index contributed by atoms with van der Waals surface area (Å²) in [6.45, 7) is 2.25. The van der Waals surface area contributed by atoms with E-state index in [1.807, 2.05) is 6.07 Å². The summed E-state index contributed by atoms with van der Waals surface area (Å²) in [6, 6.07) is 6.15. The molecular formula is C12H13Cl. The van der Waals surface area contributed by atoms with Crippen LogP contribution in [0.1, 0.15) is 24.5 Å². The van der Waals surface area contributed by atoms with Gasteiger partial charge in [0.15, 0.2) is 0 Å². The van der Waals surface area contributed by atoms with Crippen LogP contribution in [-0.4, -0.2) is 0 Å². The zero-order chi connectivity index (χ0) is 9.26. The van der Waals surface area contributed by atoms with Gasteiger partial charge in [0, 0.05) is 5.02 Å². The standard InChI is InChI=1S/C12H13Cl/c1-9-2-4-10-6-7-12(13)8-11(10)5-3-9/h2,4,6-9H,3,5H2,1H3. The van der Waals surface area contributed by atoms with E-state index in [9.17, 15) is 0 Å². The summed E-state index contributed by atoms with van der Waals surface area (Å²) in [5.41, 5.74) is 2.71. The predicted molar refractivity (Wildman–Crippen MR) is 58.0 cm³/mol. The first-order chi connectivity index (χ1) is 6.25. The van der Waals surface area contributed by atoms with Crippen LogP contribution >= 0.6 is 11.6 Å². The first-order valence-corrected chi connectivity index (χ1v) is 5.10. The van der Waals surface area contributed by atoms with Gasteiger partial charge in [-0.1, -0.05) is 36.7 Å². The maximum atomic E-state index is 5.94. The van der Waals surface area contributed by atoms with Gasteiger partial charge in [-0.2, -0.15) is 0 Å². The van der Waals surface area contributed by atoms with Gasteiger partial charge in [-0.15, -0.1) is 0 Å². The first-order valence-electron chi connectivity index (χ1n) is 4.72. The minimum absolute atomic E-state index is 0.686. The third kappa shape index (κ3) is 1.94. The van der Waals surface area contributed by atoms with Crippen molar-refractivity contribution >= 4 is 17.7 Å². The summed E-state index contributed by atoms with van der Waals surface area (Å²) in [5.74, 6) is 0.686. The number of aryl methyl sites for hydroxylation is 1. The van der Waals surface area contributed by atoms with E-state index in [2.05, 4.69) is 31.2 Å². The molecule has 1 heteroatoms. The summed E-state index contributed by atoms with van der Waals surface area (Å²) in [5, 5.41) is 0.849. The summed E-state index contributed by atoms with van der Waals surface area (Å²) < 4.78 is 0. The molecule has 0 saturated carbocycles. The molecule has 0 saturated heterocycles. The molecule has 1 unspecified atom stereocenters. The molecule has 0 amide bonds. The highest BCUT2D eigenvalue weighted by molar-refractivity contribution is 6.30. The van der Waals surface area contributed by atoms with E-state index in [-0.39, 0.29) is 0 Å². The SMILES string of the molecule is CC1C=Cc2ccc(Cl)cc2CC1. The molecule has 0 aromatic heterocycles. The third-order valence-electron chi connectivity index (χ3n) is 2.58. The normalized spacial score (nSPS) is 20.9. The van der Waals surface area contributed by atoms with Crippen molar-refractivity contribution in [3.63, 3.8) is 0 Å². The largest absolute Gasteiger partial charge is 0.0843 e. The summed E-state index contributed by atoms with van der Waals surface area (Å²) >= 11 is 5.94. The number of rotatable bonds is 0. The minimum Gasteiger partial charge on any atom is -0.0843 e. The lowest BCUT2D eigenvalue weighted by atomic mass is 10.0. The van der Waals surface area contributed by atoms with Crippen molar-refractivity contribution in [1.82, 2.24) is 0 Å². The number of hydrogen-bond donors (Lipinski definition) is 0. The number of allylic oxidation sites excluding steroid dienone is 1. The van der Waals surface area contributed by atoms with E-state index in [1.165, 1.54) is 17.5 Å². The number of hydrogen-bond acceptors (Lipinski definition) is 0. The second kappa shape index (κ2) is 3.55. The second-order valence-corrected chi connectivity index (χ2v) is 4.15. The van der Waals surface area contributed by atoms with E-state index in [4.69, 9.17) is 11.6 Å². The second-order valence-electron chi connectivity index (χ2n) is 3.72. The van der Waals surface area contributed by atoms with Gasteiger partial charge in [0.25, 0.3) is 0 Å². The van der Waals surface area contributed by atoms with Gasteiger partial charge in [-0.05, 0) is 42.0 Å². The van der Waals surface area contributed by atoms with Crippen molar-refractivity contribution in [1.29, 1.82) is 0 Å². The van der Waals surface area contributed by atoms with Gasteiger partial charge in [0.05, 0.1) is 0 Å². The number of halogens is 1. The monoisotopic (exact) mass is 192 g/mol. The fraction of sp³-hybridized carbons (Fsp3) is 0.333. The molecule has 1 atom stereocenters. The van der Waals surface area contributed by atoms with Crippen molar-refractivity contribution in [3.05, 3.63) is 40.4 Å². The summed E-state index contributed by atoms with van der Waals surface area (Å²) in [6.07, 6.45) is 6.86. The van der Waals surface area contributed by atoms with Crippen molar-refractivity contribution in [3.8, 4) is 0 Å². The van der Waals surface area contributed by atoms with Crippen LogP contribution in [0, 0.1) is 5.92 Å². The molecule has 0 bridgehead atoms. The topological polar surface area (TPSA) is 0 Å². The highest BCUT2D eigenvalue weighted by atomic mass is 35.5. The lowest BCUT2D eigenvalue weighted by Crippen LogP contribution is -1.91. The molecule has 0 spiro atoms. The zero-order valence-electron chi connectivity index (χ0n) is 7.76. The summed E-state index contributed by atoms with van der Waals surface area (Å²) in [4.78, 5) is 0. The quantitative estimate of drug-likeness (QED) is 0.584. The van der Waals surface area contributed by atoms with Gasteiger partial charge < -0.3 is 0 Å². The Morgan fingerprint density at radius 1 is 1.38 bits per heavy atom. The van der Waals surface area contributed by atoms with E-state index < -0.39 is 0 Å². The van der Waals surface area contributed by atoms with Gasteiger partial charge in [-0.3, -0.25) is 0 Å². The fourth-order valence-electron chi connectivity index (χ4n) is 1.70. The lowest BCUT2D eigenvalue weighted by Gasteiger charge is -2.04. The van der Waals surface area contributed by atoms with Crippen molar-refractivity contribution in [2.24, 2.45) is 5.92 Å². The Morgan fingerprint density at radius 2 is 2.23 bits per heavy atom. The summed E-state index contributed by atoms with van der Waals surface area (Å²) in [7, 11) is 0. The maximum Gasteiger partial charge on any atom is 0.0409 e. The Kier molecular flexibility index (Phi) is 2.41. The minimum atomic E-state index is 0.686. The van der Waals surface area contributed by atoms with Crippen LogP contribution in [0.2, 0.25) is 5.02 Å². The molecule has 68 valence electrons. The van der Waals surface area contributed by atoms with Crippen LogP contribution in [0.3, 0.4) is 0 Å². The van der Waals surface area contributed by atoms with E-state index in [0.29, 0.717) is 5.92 Å². The van der Waals surface area contributed by atoms with Gasteiger partial charge >= 0.3 is 0 Å². The molecule has 2 rings (SSSR count). The molecular weight excluding hydrogens is 180 g/mol. The zero-order valence-corrected chi connectivity index (χ0v) is 8.51. The molecule has 1 aromatic rings. The van der Waals surface area contributed by atoms with Gasteiger partial charge in [0.1, 0.15) is 0 Å². The highest BCUT2D eigenvalue weighted by Crippen LogP contribution is 2.24. The molecule has 0 nitrogen and oxygen atoms in total. The molecule has 0 radical (unpaired) electrons. The average molecular weight is 193 g/mol. The van der Waals surface area contributed by atoms with Crippen molar-refractivity contribution in [2.75, 3.05) is 0 Å². The Bertz CT molecular complexity index is 339. The van der Waals surface area contributed by atoms with Crippen LogP contribution in [0.15, 0.2) is 24.3 Å². The van der Waals surface area contributed by atoms with Crippen LogP contribution in [-0.2, 0) is 6.42 Å². The lowest BCUT2D eigenvalue weighted by molar-refractivity contribution is 0.655. The van der Waals surface area contributed by atoms with Crippen LogP contribution < -0.4 is 0 Å². The molecule has 0 N–H and O–H groups in total. The molecule has 1 aliphatic rings. The highest BCUT2D eigenvalue weighted by Gasteiger charge is 2.07. The van der Waals surface area contributed by atoms with Gasteiger partial charge in [0.2, 0.25) is 0 Å². The van der Waals surface area contributed by atoms with Gasteiger partial charge in [-0.25, -0.2) is 0 Å². The molecule has 1 aromatic carbocycles. The van der Waals surface area contributed by atoms with Crippen LogP contribution in [0.25, 0.3) is 6.08 Å². The van der Waals surface area contributed by atoms with E-state index in [0.717, 1.165) is 11.4 Å². The molecule has 0 heterocycles. The fourth-order valence-corrected chi connectivity index (χ4v) is 1.90. The molecule has 0 aliphatic heterocycles. The third-order valence-corrected chi connectivity index (χ3v) is 2.81. The van der Waals surface area contributed by atoms with E-state index in [1.54, 1.807) is 0 Å². The Balaban J connectivity index is 2.41. The predicted octanol–water partition coefficient (Wildman–Crippen LogP) is 3.94. The first kappa shape index (κ1) is 8.83.